The van der Waals surface area contributed by atoms with Gasteiger partial charge in [0.25, 0.3) is 0 Å². The molecule has 1 aromatic heterocycles. The van der Waals surface area contributed by atoms with Gasteiger partial charge < -0.3 is 10.6 Å². The fourth-order valence-corrected chi connectivity index (χ4v) is 2.23. The van der Waals surface area contributed by atoms with E-state index in [9.17, 15) is 0 Å². The molecule has 1 fully saturated rings. The van der Waals surface area contributed by atoms with Gasteiger partial charge in [-0.25, -0.2) is 4.98 Å². The summed E-state index contributed by atoms with van der Waals surface area (Å²) >= 11 is 3.51. The van der Waals surface area contributed by atoms with E-state index >= 15 is 0 Å². The second-order valence-corrected chi connectivity index (χ2v) is 4.49. The molecule has 1 aliphatic rings. The lowest BCUT2D eigenvalue weighted by Gasteiger charge is -2.31. The molecule has 0 aliphatic carbocycles. The SMILES string of the molecule is NC1CCN(c2ncccc2Br)CC1. The highest BCUT2D eigenvalue weighted by atomic mass is 79.9. The Labute approximate surface area is 92.4 Å². The van der Waals surface area contributed by atoms with Crippen molar-refractivity contribution >= 4 is 21.7 Å². The van der Waals surface area contributed by atoms with Crippen LogP contribution in [0.15, 0.2) is 22.8 Å². The highest BCUT2D eigenvalue weighted by molar-refractivity contribution is 9.10. The van der Waals surface area contributed by atoms with Gasteiger partial charge in [-0.3, -0.25) is 0 Å². The van der Waals surface area contributed by atoms with Crippen LogP contribution < -0.4 is 10.6 Å². The minimum absolute atomic E-state index is 0.369. The van der Waals surface area contributed by atoms with Gasteiger partial charge in [0.2, 0.25) is 0 Å². The quantitative estimate of drug-likeness (QED) is 0.832. The van der Waals surface area contributed by atoms with Crippen molar-refractivity contribution in [3.05, 3.63) is 22.8 Å². The van der Waals surface area contributed by atoms with E-state index in [4.69, 9.17) is 5.73 Å². The topological polar surface area (TPSA) is 42.1 Å². The van der Waals surface area contributed by atoms with Gasteiger partial charge in [-0.1, -0.05) is 0 Å². The zero-order valence-electron chi connectivity index (χ0n) is 7.99. The fraction of sp³-hybridized carbons (Fsp3) is 0.500. The molecule has 0 aromatic carbocycles. The number of halogens is 1. The summed E-state index contributed by atoms with van der Waals surface area (Å²) in [7, 11) is 0. The summed E-state index contributed by atoms with van der Waals surface area (Å²) in [5.41, 5.74) is 5.85. The van der Waals surface area contributed by atoms with Crippen LogP contribution in [0.3, 0.4) is 0 Å². The second kappa shape index (κ2) is 4.28. The molecule has 1 aliphatic heterocycles. The zero-order valence-corrected chi connectivity index (χ0v) is 9.57. The Morgan fingerprint density at radius 1 is 1.43 bits per heavy atom. The van der Waals surface area contributed by atoms with E-state index in [1.165, 1.54) is 0 Å². The molecule has 0 spiro atoms. The highest BCUT2D eigenvalue weighted by Gasteiger charge is 2.18. The molecule has 0 saturated carbocycles. The van der Waals surface area contributed by atoms with Gasteiger partial charge in [-0.05, 0) is 40.9 Å². The summed E-state index contributed by atoms with van der Waals surface area (Å²) in [6.45, 7) is 2.02. The smallest absolute Gasteiger partial charge is 0.142 e. The van der Waals surface area contributed by atoms with Crippen molar-refractivity contribution < 1.29 is 0 Å². The Kier molecular flexibility index (Phi) is 3.03. The molecular weight excluding hydrogens is 242 g/mol. The normalized spacial score (nSPS) is 18.6. The van der Waals surface area contributed by atoms with Crippen LogP contribution in [0, 0.1) is 0 Å². The number of rotatable bonds is 1. The lowest BCUT2D eigenvalue weighted by molar-refractivity contribution is 0.498. The van der Waals surface area contributed by atoms with Crippen LogP contribution in [-0.2, 0) is 0 Å². The van der Waals surface area contributed by atoms with E-state index in [0.717, 1.165) is 36.2 Å². The van der Waals surface area contributed by atoms with Crippen LogP contribution in [0.2, 0.25) is 0 Å². The average molecular weight is 256 g/mol. The summed E-state index contributed by atoms with van der Waals surface area (Å²) in [5, 5.41) is 0. The highest BCUT2D eigenvalue weighted by Crippen LogP contribution is 2.25. The third-order valence-electron chi connectivity index (χ3n) is 2.58. The first-order valence-corrected chi connectivity index (χ1v) is 5.68. The molecule has 76 valence electrons. The zero-order chi connectivity index (χ0) is 9.97. The fourth-order valence-electron chi connectivity index (χ4n) is 1.72. The Morgan fingerprint density at radius 3 is 2.79 bits per heavy atom. The molecule has 3 nitrogen and oxygen atoms in total. The van der Waals surface area contributed by atoms with Crippen molar-refractivity contribution in [2.75, 3.05) is 18.0 Å². The van der Waals surface area contributed by atoms with Crippen LogP contribution >= 0.6 is 15.9 Å². The minimum atomic E-state index is 0.369. The summed E-state index contributed by atoms with van der Waals surface area (Å²) in [5.74, 6) is 1.04. The number of nitrogens with two attached hydrogens (primary N) is 1. The molecule has 2 heterocycles. The lowest BCUT2D eigenvalue weighted by Crippen LogP contribution is -2.40. The summed E-state index contributed by atoms with van der Waals surface area (Å²) in [6.07, 6.45) is 3.95. The molecule has 0 radical (unpaired) electrons. The van der Waals surface area contributed by atoms with E-state index in [0.29, 0.717) is 6.04 Å². The van der Waals surface area contributed by atoms with Gasteiger partial charge in [-0.2, -0.15) is 0 Å². The van der Waals surface area contributed by atoms with Crippen molar-refractivity contribution in [2.45, 2.75) is 18.9 Å². The molecule has 2 rings (SSSR count). The Bertz CT molecular complexity index is 308. The summed E-state index contributed by atoms with van der Waals surface area (Å²) in [4.78, 5) is 6.65. The third-order valence-corrected chi connectivity index (χ3v) is 3.20. The summed E-state index contributed by atoms with van der Waals surface area (Å²) in [6, 6.07) is 4.33. The van der Waals surface area contributed by atoms with E-state index in [1.807, 2.05) is 18.3 Å². The lowest BCUT2D eigenvalue weighted by atomic mass is 10.1. The standard InChI is InChI=1S/C10H14BrN3/c11-9-2-1-5-13-10(9)14-6-3-8(12)4-7-14/h1-2,5,8H,3-4,6-7,12H2. The van der Waals surface area contributed by atoms with Gasteiger partial charge in [0.1, 0.15) is 5.82 Å². The van der Waals surface area contributed by atoms with Crippen LogP contribution in [0.4, 0.5) is 5.82 Å². The second-order valence-electron chi connectivity index (χ2n) is 3.63. The van der Waals surface area contributed by atoms with Crippen molar-refractivity contribution in [1.29, 1.82) is 0 Å². The monoisotopic (exact) mass is 255 g/mol. The molecule has 2 N–H and O–H groups in total. The number of hydrogen-bond donors (Lipinski definition) is 1. The minimum Gasteiger partial charge on any atom is -0.356 e. The van der Waals surface area contributed by atoms with Crippen molar-refractivity contribution in [3.63, 3.8) is 0 Å². The number of piperidine rings is 1. The van der Waals surface area contributed by atoms with Gasteiger partial charge in [0.15, 0.2) is 0 Å². The molecule has 0 bridgehead atoms. The first kappa shape index (κ1) is 9.93. The van der Waals surface area contributed by atoms with Crippen LogP contribution in [0.1, 0.15) is 12.8 Å². The molecular formula is C10H14BrN3. The first-order chi connectivity index (χ1) is 6.77. The molecule has 0 amide bonds. The number of hydrogen-bond acceptors (Lipinski definition) is 3. The number of anilines is 1. The van der Waals surface area contributed by atoms with Crippen LogP contribution in [0.5, 0.6) is 0 Å². The molecule has 4 heteroatoms. The van der Waals surface area contributed by atoms with Crippen LogP contribution in [-0.4, -0.2) is 24.1 Å². The van der Waals surface area contributed by atoms with Crippen molar-refractivity contribution in [1.82, 2.24) is 4.98 Å². The Hall–Kier alpha value is -0.610. The molecule has 0 atom stereocenters. The predicted octanol–water partition coefficient (Wildman–Crippen LogP) is 1.77. The van der Waals surface area contributed by atoms with Crippen molar-refractivity contribution in [2.24, 2.45) is 5.73 Å². The third kappa shape index (κ3) is 2.07. The molecule has 14 heavy (non-hydrogen) atoms. The van der Waals surface area contributed by atoms with Crippen LogP contribution in [0.25, 0.3) is 0 Å². The van der Waals surface area contributed by atoms with Crippen molar-refractivity contribution in [3.8, 4) is 0 Å². The first-order valence-electron chi connectivity index (χ1n) is 4.88. The van der Waals surface area contributed by atoms with Gasteiger partial charge in [0.05, 0.1) is 4.47 Å². The molecule has 1 saturated heterocycles. The van der Waals surface area contributed by atoms with Gasteiger partial charge in [-0.15, -0.1) is 0 Å². The number of nitrogens with zero attached hydrogens (tertiary/aromatic N) is 2. The maximum atomic E-state index is 5.85. The maximum absolute atomic E-state index is 5.85. The Morgan fingerprint density at radius 2 is 2.14 bits per heavy atom. The number of pyridine rings is 1. The molecule has 0 unspecified atom stereocenters. The predicted molar refractivity (Wildman–Crippen MR) is 61.4 cm³/mol. The molecule has 1 aromatic rings. The van der Waals surface area contributed by atoms with E-state index in [2.05, 4.69) is 25.8 Å². The number of aromatic nitrogens is 1. The average Bonchev–Trinajstić information content (AvgIpc) is 2.20. The summed E-state index contributed by atoms with van der Waals surface area (Å²) < 4.78 is 1.07. The van der Waals surface area contributed by atoms with E-state index in [1.54, 1.807) is 0 Å². The van der Waals surface area contributed by atoms with Gasteiger partial charge in [0, 0.05) is 25.3 Å². The van der Waals surface area contributed by atoms with E-state index < -0.39 is 0 Å². The largest absolute Gasteiger partial charge is 0.356 e. The Balaban J connectivity index is 2.12. The maximum Gasteiger partial charge on any atom is 0.142 e. The van der Waals surface area contributed by atoms with Gasteiger partial charge >= 0.3 is 0 Å². The van der Waals surface area contributed by atoms with E-state index in [-0.39, 0.29) is 0 Å².